The van der Waals surface area contributed by atoms with Crippen LogP contribution in [0.3, 0.4) is 0 Å². The van der Waals surface area contributed by atoms with E-state index in [1.165, 1.54) is 12.1 Å². The van der Waals surface area contributed by atoms with E-state index in [0.717, 1.165) is 6.07 Å². The molecule has 14 heavy (non-hydrogen) atoms. The van der Waals surface area contributed by atoms with Gasteiger partial charge in [0.15, 0.2) is 0 Å². The molecule has 75 valence electrons. The van der Waals surface area contributed by atoms with Crippen LogP contribution in [0.5, 0.6) is 0 Å². The van der Waals surface area contributed by atoms with Gasteiger partial charge in [-0.2, -0.15) is 0 Å². The summed E-state index contributed by atoms with van der Waals surface area (Å²) >= 11 is 0. The third kappa shape index (κ3) is 2.53. The van der Waals surface area contributed by atoms with Gasteiger partial charge in [0.1, 0.15) is 5.82 Å². The van der Waals surface area contributed by atoms with Crippen molar-refractivity contribution >= 4 is 5.91 Å². The summed E-state index contributed by atoms with van der Waals surface area (Å²) in [5.41, 5.74) is 5.75. The van der Waals surface area contributed by atoms with Gasteiger partial charge in [0.25, 0.3) is 0 Å². The van der Waals surface area contributed by atoms with Crippen molar-refractivity contribution in [3.05, 3.63) is 41.6 Å². The van der Waals surface area contributed by atoms with E-state index in [-0.39, 0.29) is 12.2 Å². The third-order valence-electron chi connectivity index (χ3n) is 1.77. The van der Waals surface area contributed by atoms with Gasteiger partial charge in [0, 0.05) is 12.2 Å². The first-order chi connectivity index (χ1) is 6.65. The quantitative estimate of drug-likeness (QED) is 0.750. The molecule has 0 unspecified atom stereocenters. The van der Waals surface area contributed by atoms with Crippen LogP contribution >= 0.6 is 0 Å². The normalized spacial score (nSPS) is 10.1. The monoisotopic (exact) mass is 196 g/mol. The van der Waals surface area contributed by atoms with Crippen LogP contribution in [0.1, 0.15) is 22.3 Å². The van der Waals surface area contributed by atoms with Gasteiger partial charge in [-0.1, -0.05) is 6.07 Å². The van der Waals surface area contributed by atoms with Crippen LogP contribution in [0.25, 0.3) is 0 Å². The van der Waals surface area contributed by atoms with Gasteiger partial charge in [-0.05, 0) is 30.5 Å². The highest BCUT2D eigenvalue weighted by molar-refractivity contribution is 5.94. The lowest BCUT2D eigenvalue weighted by molar-refractivity contribution is 0.0999. The molecule has 1 rings (SSSR count). The first kappa shape index (κ1) is 10.7. The third-order valence-corrected chi connectivity index (χ3v) is 1.77. The smallest absolute Gasteiger partial charge is 0.249 e. The second-order valence-electron chi connectivity index (χ2n) is 2.81. The van der Waals surface area contributed by atoms with Crippen LogP contribution in [0.4, 0.5) is 4.39 Å². The molecule has 1 amide bonds. The molecule has 1 aromatic rings. The lowest BCUT2D eigenvalue weighted by atomic mass is 10.0. The molecule has 0 saturated carbocycles. The van der Waals surface area contributed by atoms with Gasteiger partial charge >= 0.3 is 0 Å². The fourth-order valence-electron chi connectivity index (χ4n) is 1.14. The predicted molar refractivity (Wildman–Crippen MR) is 50.0 cm³/mol. The molecule has 3 N–H and O–H groups in total. The molecule has 0 aliphatic heterocycles. The largest absolute Gasteiger partial charge is 0.396 e. The highest BCUT2D eigenvalue weighted by Gasteiger charge is 2.08. The maximum absolute atomic E-state index is 12.8. The minimum atomic E-state index is -0.673. The molecule has 0 atom stereocenters. The minimum Gasteiger partial charge on any atom is -0.396 e. The average Bonchev–Trinajstić information content (AvgIpc) is 2.15. The Balaban J connectivity index is 2.96. The zero-order chi connectivity index (χ0) is 10.6. The molecule has 0 aliphatic rings. The number of hydrogen-bond acceptors (Lipinski definition) is 2. The molecule has 0 aromatic heterocycles. The van der Waals surface area contributed by atoms with Crippen LogP contribution in [0.15, 0.2) is 18.2 Å². The second-order valence-corrected chi connectivity index (χ2v) is 2.81. The molecule has 0 heterocycles. The van der Waals surface area contributed by atoms with Crippen LogP contribution < -0.4 is 5.73 Å². The number of primary amides is 1. The van der Waals surface area contributed by atoms with Crippen LogP contribution in [0, 0.1) is 12.2 Å². The lowest BCUT2D eigenvalue weighted by Crippen LogP contribution is -2.13. The zero-order valence-corrected chi connectivity index (χ0v) is 7.53. The van der Waals surface area contributed by atoms with Gasteiger partial charge in [-0.3, -0.25) is 4.79 Å². The zero-order valence-electron chi connectivity index (χ0n) is 7.53. The van der Waals surface area contributed by atoms with Crippen LogP contribution in [0.2, 0.25) is 0 Å². The van der Waals surface area contributed by atoms with E-state index in [2.05, 4.69) is 0 Å². The molecule has 0 aliphatic carbocycles. The Kier molecular flexibility index (Phi) is 3.59. The second kappa shape index (κ2) is 4.72. The van der Waals surface area contributed by atoms with Gasteiger partial charge < -0.3 is 10.8 Å². The Bertz CT molecular complexity index is 339. The van der Waals surface area contributed by atoms with E-state index in [0.29, 0.717) is 12.0 Å². The lowest BCUT2D eigenvalue weighted by Gasteiger charge is -2.05. The van der Waals surface area contributed by atoms with Crippen molar-refractivity contribution in [1.82, 2.24) is 0 Å². The minimum absolute atomic E-state index is 0.0183. The van der Waals surface area contributed by atoms with Crippen molar-refractivity contribution in [2.24, 2.45) is 5.73 Å². The molecule has 0 bridgehead atoms. The number of amides is 1. The topological polar surface area (TPSA) is 63.3 Å². The molecular formula is C10H11FNO2. The number of benzene rings is 1. The summed E-state index contributed by atoms with van der Waals surface area (Å²) in [7, 11) is 0. The number of halogens is 1. The van der Waals surface area contributed by atoms with Gasteiger partial charge in [-0.25, -0.2) is 4.39 Å². The van der Waals surface area contributed by atoms with Gasteiger partial charge in [-0.15, -0.1) is 0 Å². The Morgan fingerprint density at radius 1 is 1.57 bits per heavy atom. The fourth-order valence-corrected chi connectivity index (χ4v) is 1.14. The highest BCUT2D eigenvalue weighted by atomic mass is 19.1. The van der Waals surface area contributed by atoms with E-state index >= 15 is 0 Å². The Hall–Kier alpha value is -1.42. The SMILES string of the molecule is NC(=O)c1cc(F)ccc1[CH]CCO. The molecule has 3 nitrogen and oxygen atoms in total. The summed E-state index contributed by atoms with van der Waals surface area (Å²) in [5, 5.41) is 8.59. The Morgan fingerprint density at radius 2 is 2.29 bits per heavy atom. The van der Waals surface area contributed by atoms with E-state index in [1.54, 1.807) is 6.42 Å². The number of aliphatic hydroxyl groups is 1. The van der Waals surface area contributed by atoms with Gasteiger partial charge in [0.2, 0.25) is 5.91 Å². The number of nitrogens with two attached hydrogens (primary N) is 1. The maximum Gasteiger partial charge on any atom is 0.249 e. The fraction of sp³-hybridized carbons (Fsp3) is 0.200. The summed E-state index contributed by atoms with van der Waals surface area (Å²) in [6.07, 6.45) is 2.05. The van der Waals surface area contributed by atoms with E-state index in [9.17, 15) is 9.18 Å². The number of carbonyl (C=O) groups is 1. The molecule has 1 aromatic carbocycles. The van der Waals surface area contributed by atoms with E-state index in [4.69, 9.17) is 10.8 Å². The summed E-state index contributed by atoms with van der Waals surface area (Å²) in [6.45, 7) is -0.0183. The van der Waals surface area contributed by atoms with Crippen LogP contribution in [-0.2, 0) is 0 Å². The Morgan fingerprint density at radius 3 is 2.86 bits per heavy atom. The molecule has 4 heteroatoms. The first-order valence-corrected chi connectivity index (χ1v) is 4.18. The van der Waals surface area contributed by atoms with Crippen LogP contribution in [-0.4, -0.2) is 17.6 Å². The molecule has 0 saturated heterocycles. The Labute approximate surface area is 81.4 Å². The van der Waals surface area contributed by atoms with Crippen molar-refractivity contribution in [3.63, 3.8) is 0 Å². The first-order valence-electron chi connectivity index (χ1n) is 4.18. The van der Waals surface area contributed by atoms with Crippen molar-refractivity contribution < 1.29 is 14.3 Å². The molecule has 1 radical (unpaired) electrons. The van der Waals surface area contributed by atoms with Crippen molar-refractivity contribution in [2.75, 3.05) is 6.61 Å². The standard InChI is InChI=1S/C10H11FNO2/c11-8-4-3-7(2-1-5-13)9(6-8)10(12)14/h2-4,6,13H,1,5H2,(H2,12,14). The van der Waals surface area contributed by atoms with Crippen molar-refractivity contribution in [1.29, 1.82) is 0 Å². The van der Waals surface area contributed by atoms with E-state index < -0.39 is 11.7 Å². The number of rotatable bonds is 4. The highest BCUT2D eigenvalue weighted by Crippen LogP contribution is 2.14. The van der Waals surface area contributed by atoms with E-state index in [1.807, 2.05) is 0 Å². The summed E-state index contributed by atoms with van der Waals surface area (Å²) in [4.78, 5) is 10.9. The molecule has 0 spiro atoms. The number of aliphatic hydroxyl groups excluding tert-OH is 1. The predicted octanol–water partition coefficient (Wildman–Crippen LogP) is 0.859. The average molecular weight is 196 g/mol. The van der Waals surface area contributed by atoms with Crippen molar-refractivity contribution in [3.8, 4) is 0 Å². The summed E-state index contributed by atoms with van der Waals surface area (Å²) in [5.74, 6) is -1.17. The number of hydrogen-bond donors (Lipinski definition) is 2. The molecule has 0 fully saturated rings. The number of carbonyl (C=O) groups excluding carboxylic acids is 1. The summed E-state index contributed by atoms with van der Waals surface area (Å²) in [6, 6.07) is 3.80. The molecular weight excluding hydrogens is 185 g/mol. The maximum atomic E-state index is 12.8. The van der Waals surface area contributed by atoms with Gasteiger partial charge in [0.05, 0.1) is 0 Å². The van der Waals surface area contributed by atoms with Crippen molar-refractivity contribution in [2.45, 2.75) is 6.42 Å². The summed E-state index contributed by atoms with van der Waals surface area (Å²) < 4.78 is 12.8.